The lowest BCUT2D eigenvalue weighted by Crippen LogP contribution is -2.27. The molecule has 0 saturated heterocycles. The number of carbonyl (C=O) groups is 1. The summed E-state index contributed by atoms with van der Waals surface area (Å²) in [6, 6.07) is 9.14. The van der Waals surface area contributed by atoms with Crippen molar-refractivity contribution in [2.24, 2.45) is 0 Å². The van der Waals surface area contributed by atoms with Gasteiger partial charge in [-0.25, -0.2) is 9.97 Å². The minimum atomic E-state index is -0.231. The van der Waals surface area contributed by atoms with E-state index in [9.17, 15) is 4.79 Å². The van der Waals surface area contributed by atoms with E-state index in [-0.39, 0.29) is 5.91 Å². The lowest BCUT2D eigenvalue weighted by atomic mass is 10.2. The Labute approximate surface area is 148 Å². The molecule has 0 spiro atoms. The number of nitrogens with zero attached hydrogens (tertiary/aromatic N) is 3. The standard InChI is InChI=1S/C18H23ClN4O/c1-4-5-10-23(3)18-21-13(2)11-16(22-18)17(24)20-12-14-8-6-7-9-15(14)19/h6-9,11H,4-5,10,12H2,1-3H3,(H,20,24). The molecule has 0 radical (unpaired) electrons. The van der Waals surface area contributed by atoms with E-state index < -0.39 is 0 Å². The number of halogens is 1. The Morgan fingerprint density at radius 1 is 1.29 bits per heavy atom. The molecule has 0 aliphatic heterocycles. The molecule has 1 aromatic carbocycles. The highest BCUT2D eigenvalue weighted by molar-refractivity contribution is 6.31. The lowest BCUT2D eigenvalue weighted by molar-refractivity contribution is 0.0945. The molecule has 1 amide bonds. The fourth-order valence-electron chi connectivity index (χ4n) is 2.24. The first-order valence-electron chi connectivity index (χ1n) is 8.09. The van der Waals surface area contributed by atoms with Crippen molar-refractivity contribution in [2.75, 3.05) is 18.5 Å². The third-order valence-corrected chi connectivity index (χ3v) is 4.03. The molecular weight excluding hydrogens is 324 g/mol. The first kappa shape index (κ1) is 18.2. The van der Waals surface area contributed by atoms with E-state index in [4.69, 9.17) is 11.6 Å². The summed E-state index contributed by atoms with van der Waals surface area (Å²) >= 11 is 6.11. The van der Waals surface area contributed by atoms with Gasteiger partial charge in [0.2, 0.25) is 5.95 Å². The average molecular weight is 347 g/mol. The number of rotatable bonds is 7. The highest BCUT2D eigenvalue weighted by Crippen LogP contribution is 2.15. The molecule has 5 nitrogen and oxygen atoms in total. The Balaban J connectivity index is 2.08. The molecule has 1 aromatic heterocycles. The van der Waals surface area contributed by atoms with Crippen LogP contribution in [0.2, 0.25) is 5.02 Å². The highest BCUT2D eigenvalue weighted by atomic mass is 35.5. The van der Waals surface area contributed by atoms with Crippen LogP contribution in [0.25, 0.3) is 0 Å². The smallest absolute Gasteiger partial charge is 0.270 e. The van der Waals surface area contributed by atoms with E-state index >= 15 is 0 Å². The fourth-order valence-corrected chi connectivity index (χ4v) is 2.45. The topological polar surface area (TPSA) is 58.1 Å². The van der Waals surface area contributed by atoms with Crippen LogP contribution in [0.1, 0.15) is 41.5 Å². The quantitative estimate of drug-likeness (QED) is 0.832. The van der Waals surface area contributed by atoms with Gasteiger partial charge < -0.3 is 10.2 Å². The summed E-state index contributed by atoms with van der Waals surface area (Å²) in [7, 11) is 1.94. The van der Waals surface area contributed by atoms with Gasteiger partial charge in [0.05, 0.1) is 0 Å². The summed E-state index contributed by atoms with van der Waals surface area (Å²) in [6.45, 7) is 5.23. The number of benzene rings is 1. The van der Waals surface area contributed by atoms with Crippen molar-refractivity contribution in [3.8, 4) is 0 Å². The summed E-state index contributed by atoms with van der Waals surface area (Å²) in [5, 5.41) is 3.50. The van der Waals surface area contributed by atoms with Crippen LogP contribution >= 0.6 is 11.6 Å². The van der Waals surface area contributed by atoms with E-state index in [1.165, 1.54) is 0 Å². The molecule has 1 heterocycles. The summed E-state index contributed by atoms with van der Waals surface area (Å²) in [5.41, 5.74) is 2.01. The van der Waals surface area contributed by atoms with E-state index in [2.05, 4.69) is 22.2 Å². The SMILES string of the molecule is CCCCN(C)c1nc(C)cc(C(=O)NCc2ccccc2Cl)n1. The van der Waals surface area contributed by atoms with Gasteiger partial charge >= 0.3 is 0 Å². The van der Waals surface area contributed by atoms with Gasteiger partial charge in [0, 0.05) is 30.9 Å². The molecule has 128 valence electrons. The molecule has 2 aromatic rings. The Morgan fingerprint density at radius 3 is 2.75 bits per heavy atom. The second kappa shape index (κ2) is 8.64. The monoisotopic (exact) mass is 346 g/mol. The largest absolute Gasteiger partial charge is 0.347 e. The number of anilines is 1. The van der Waals surface area contributed by atoms with Gasteiger partial charge in [0.1, 0.15) is 5.69 Å². The van der Waals surface area contributed by atoms with Crippen molar-refractivity contribution in [2.45, 2.75) is 33.2 Å². The van der Waals surface area contributed by atoms with Crippen LogP contribution < -0.4 is 10.2 Å². The first-order chi connectivity index (χ1) is 11.5. The van der Waals surface area contributed by atoms with Crippen LogP contribution in [0, 0.1) is 6.92 Å². The number of aryl methyl sites for hydroxylation is 1. The van der Waals surface area contributed by atoms with Crippen molar-refractivity contribution >= 4 is 23.5 Å². The van der Waals surface area contributed by atoms with Crippen molar-refractivity contribution in [3.63, 3.8) is 0 Å². The van der Waals surface area contributed by atoms with Gasteiger partial charge in [-0.2, -0.15) is 0 Å². The van der Waals surface area contributed by atoms with E-state index in [0.29, 0.717) is 23.2 Å². The Kier molecular flexibility index (Phi) is 6.55. The Hall–Kier alpha value is -2.14. The maximum absolute atomic E-state index is 12.4. The van der Waals surface area contributed by atoms with Gasteiger partial charge in [-0.3, -0.25) is 4.79 Å². The fraction of sp³-hybridized carbons (Fsp3) is 0.389. The third-order valence-electron chi connectivity index (χ3n) is 3.66. The zero-order valence-electron chi connectivity index (χ0n) is 14.3. The van der Waals surface area contributed by atoms with Crippen LogP contribution in [0.15, 0.2) is 30.3 Å². The van der Waals surface area contributed by atoms with Crippen molar-refractivity contribution in [1.82, 2.24) is 15.3 Å². The van der Waals surface area contributed by atoms with Crippen molar-refractivity contribution < 1.29 is 4.79 Å². The Morgan fingerprint density at radius 2 is 2.04 bits per heavy atom. The van der Waals surface area contributed by atoms with Crippen LogP contribution in [0.3, 0.4) is 0 Å². The molecule has 0 aliphatic rings. The van der Waals surface area contributed by atoms with Gasteiger partial charge in [-0.15, -0.1) is 0 Å². The molecule has 0 unspecified atom stereocenters. The van der Waals surface area contributed by atoms with Crippen LogP contribution in [0.4, 0.5) is 5.95 Å². The highest BCUT2D eigenvalue weighted by Gasteiger charge is 2.13. The minimum absolute atomic E-state index is 0.231. The predicted octanol–water partition coefficient (Wildman–Crippen LogP) is 3.60. The van der Waals surface area contributed by atoms with Gasteiger partial charge in [0.15, 0.2) is 0 Å². The zero-order valence-corrected chi connectivity index (χ0v) is 15.1. The first-order valence-corrected chi connectivity index (χ1v) is 8.47. The van der Waals surface area contributed by atoms with Crippen LogP contribution in [-0.4, -0.2) is 29.5 Å². The second-order valence-corrected chi connectivity index (χ2v) is 6.15. The van der Waals surface area contributed by atoms with Gasteiger partial charge in [0.25, 0.3) is 5.91 Å². The molecule has 0 saturated carbocycles. The maximum Gasteiger partial charge on any atom is 0.270 e. The number of carbonyl (C=O) groups excluding carboxylic acids is 1. The van der Waals surface area contributed by atoms with E-state index in [1.807, 2.05) is 37.1 Å². The third kappa shape index (κ3) is 4.93. The van der Waals surface area contributed by atoms with Crippen molar-refractivity contribution in [3.05, 3.63) is 52.3 Å². The molecule has 0 fully saturated rings. The maximum atomic E-state index is 12.4. The molecular formula is C18H23ClN4O. The lowest BCUT2D eigenvalue weighted by Gasteiger charge is -2.17. The zero-order chi connectivity index (χ0) is 17.5. The predicted molar refractivity (Wildman–Crippen MR) is 97.6 cm³/mol. The molecule has 0 atom stereocenters. The van der Waals surface area contributed by atoms with E-state index in [1.54, 1.807) is 12.1 Å². The summed E-state index contributed by atoms with van der Waals surface area (Å²) in [5.74, 6) is 0.344. The van der Waals surface area contributed by atoms with Crippen LogP contribution in [-0.2, 0) is 6.54 Å². The van der Waals surface area contributed by atoms with Crippen LogP contribution in [0.5, 0.6) is 0 Å². The molecule has 24 heavy (non-hydrogen) atoms. The molecule has 1 N–H and O–H groups in total. The van der Waals surface area contributed by atoms with Gasteiger partial charge in [-0.1, -0.05) is 43.1 Å². The molecule has 6 heteroatoms. The summed E-state index contributed by atoms with van der Waals surface area (Å²) < 4.78 is 0. The Bertz CT molecular complexity index is 705. The number of hydrogen-bond acceptors (Lipinski definition) is 4. The molecule has 0 bridgehead atoms. The van der Waals surface area contributed by atoms with E-state index in [0.717, 1.165) is 30.6 Å². The number of aromatic nitrogens is 2. The molecule has 2 rings (SSSR count). The summed E-state index contributed by atoms with van der Waals surface area (Å²) in [6.07, 6.45) is 2.16. The average Bonchev–Trinajstić information content (AvgIpc) is 2.58. The number of hydrogen-bond donors (Lipinski definition) is 1. The molecule has 0 aliphatic carbocycles. The number of amides is 1. The second-order valence-electron chi connectivity index (χ2n) is 5.74. The minimum Gasteiger partial charge on any atom is -0.347 e. The summed E-state index contributed by atoms with van der Waals surface area (Å²) in [4.78, 5) is 23.2. The van der Waals surface area contributed by atoms with Crippen molar-refractivity contribution in [1.29, 1.82) is 0 Å². The van der Waals surface area contributed by atoms with Gasteiger partial charge in [-0.05, 0) is 31.0 Å². The normalized spacial score (nSPS) is 10.5. The number of nitrogens with one attached hydrogen (secondary N) is 1. The number of unbranched alkanes of at least 4 members (excludes halogenated alkanes) is 1.